The van der Waals surface area contributed by atoms with Gasteiger partial charge in [-0.2, -0.15) is 0 Å². The molecule has 2 N–H and O–H groups in total. The van der Waals surface area contributed by atoms with Gasteiger partial charge in [0.15, 0.2) is 23.1 Å². The summed E-state index contributed by atoms with van der Waals surface area (Å²) in [5, 5.41) is 19.2. The van der Waals surface area contributed by atoms with Crippen molar-refractivity contribution in [3.05, 3.63) is 29.5 Å². The second-order valence-corrected chi connectivity index (χ2v) is 13.7. The number of piperazine rings is 1. The van der Waals surface area contributed by atoms with Crippen LogP contribution in [0.3, 0.4) is 0 Å². The topological polar surface area (TPSA) is 143 Å². The van der Waals surface area contributed by atoms with Gasteiger partial charge in [-0.25, -0.2) is 13.6 Å². The normalized spacial score (nSPS) is 16.5. The molecule has 13 nitrogen and oxygen atoms in total. The minimum Gasteiger partial charge on any atom is -0.488 e. The molecule has 4 rings (SSSR count). The van der Waals surface area contributed by atoms with E-state index < -0.39 is 35.2 Å². The molecule has 1 saturated carbocycles. The number of carboxylic acid groups (broad SMARTS) is 1. The van der Waals surface area contributed by atoms with Crippen molar-refractivity contribution in [3.8, 4) is 5.75 Å². The van der Waals surface area contributed by atoms with Crippen molar-refractivity contribution in [1.82, 2.24) is 19.3 Å². The van der Waals surface area contributed by atoms with E-state index in [0.717, 1.165) is 44.2 Å². The maximum absolute atomic E-state index is 14.4. The zero-order valence-corrected chi connectivity index (χ0v) is 29.6. The second-order valence-electron chi connectivity index (χ2n) is 13.7. The van der Waals surface area contributed by atoms with E-state index in [-0.39, 0.29) is 93.4 Å². The fourth-order valence-electron chi connectivity index (χ4n) is 6.85. The van der Waals surface area contributed by atoms with Gasteiger partial charge >= 0.3 is 6.09 Å². The van der Waals surface area contributed by atoms with Crippen LogP contribution in [0.25, 0.3) is 10.9 Å². The summed E-state index contributed by atoms with van der Waals surface area (Å²) in [7, 11) is 1.58. The summed E-state index contributed by atoms with van der Waals surface area (Å²) >= 11 is 0. The van der Waals surface area contributed by atoms with Gasteiger partial charge in [-0.05, 0) is 45.6 Å². The summed E-state index contributed by atoms with van der Waals surface area (Å²) in [6.45, 7) is 7.80. The Morgan fingerprint density at radius 2 is 1.40 bits per heavy atom. The summed E-state index contributed by atoms with van der Waals surface area (Å²) in [5.41, 5.74) is -0.402. The number of rotatable bonds is 16. The minimum atomic E-state index is -1.13. The highest BCUT2D eigenvalue weighted by molar-refractivity contribution is 6.04. The summed E-state index contributed by atoms with van der Waals surface area (Å²) < 4.78 is 52.3. The van der Waals surface area contributed by atoms with Crippen LogP contribution < -0.4 is 4.74 Å². The first-order valence-electron chi connectivity index (χ1n) is 17.4. The van der Waals surface area contributed by atoms with Gasteiger partial charge in [0.05, 0.1) is 51.8 Å². The van der Waals surface area contributed by atoms with Crippen molar-refractivity contribution >= 4 is 28.8 Å². The van der Waals surface area contributed by atoms with Crippen molar-refractivity contribution in [2.24, 2.45) is 13.0 Å². The van der Waals surface area contributed by atoms with Crippen LogP contribution in [0.15, 0.2) is 12.1 Å². The Kier molecular flexibility index (Phi) is 14.2. The van der Waals surface area contributed by atoms with Crippen LogP contribution in [-0.2, 0) is 26.1 Å². The van der Waals surface area contributed by atoms with Crippen molar-refractivity contribution in [1.29, 1.82) is 0 Å². The molecule has 1 aromatic heterocycles. The fourth-order valence-corrected chi connectivity index (χ4v) is 6.85. The smallest absolute Gasteiger partial charge is 0.408 e. The average Bonchev–Trinajstić information content (AvgIpc) is 3.34. The predicted octanol–water partition coefficient (Wildman–Crippen LogP) is 3.89. The molecule has 1 atom stereocenters. The third kappa shape index (κ3) is 9.62. The Morgan fingerprint density at radius 1 is 0.860 bits per heavy atom. The van der Waals surface area contributed by atoms with Crippen LogP contribution in [-0.4, -0.2) is 138 Å². The zero-order chi connectivity index (χ0) is 36.4. The van der Waals surface area contributed by atoms with Gasteiger partial charge in [0.25, 0.3) is 5.91 Å². The molecule has 1 aromatic carbocycles. The highest BCUT2D eigenvalue weighted by Gasteiger charge is 2.44. The molecular formula is C35H52F2N4O9. The van der Waals surface area contributed by atoms with Gasteiger partial charge in [-0.3, -0.25) is 14.5 Å². The monoisotopic (exact) mass is 710 g/mol. The fraction of sp³-hybridized carbons (Fsp3) is 0.686. The molecule has 0 unspecified atom stereocenters. The Hall–Kier alpha value is -3.53. The number of fused-ring (bicyclic) bond motifs is 1. The molecule has 1 aliphatic heterocycles. The first kappa shape index (κ1) is 39.3. The summed E-state index contributed by atoms with van der Waals surface area (Å²) in [5.74, 6) is -2.79. The van der Waals surface area contributed by atoms with Gasteiger partial charge < -0.3 is 43.5 Å². The number of aliphatic hydroxyl groups is 1. The lowest BCUT2D eigenvalue weighted by Crippen LogP contribution is -2.62. The quantitative estimate of drug-likeness (QED) is 0.248. The number of carbonyl (C=O) groups excluding carboxylic acids is 2. The van der Waals surface area contributed by atoms with E-state index in [2.05, 4.69) is 0 Å². The molecule has 2 fully saturated rings. The molecule has 15 heteroatoms. The third-order valence-electron chi connectivity index (χ3n) is 9.29. The van der Waals surface area contributed by atoms with Crippen LogP contribution in [0.1, 0.15) is 63.4 Å². The van der Waals surface area contributed by atoms with E-state index in [1.165, 1.54) is 9.47 Å². The molecule has 1 aliphatic carbocycles. The number of aliphatic hydroxyl groups excluding tert-OH is 1. The van der Waals surface area contributed by atoms with Crippen LogP contribution in [0.2, 0.25) is 0 Å². The average molecular weight is 711 g/mol. The van der Waals surface area contributed by atoms with E-state index in [1.54, 1.807) is 37.6 Å². The van der Waals surface area contributed by atoms with Crippen molar-refractivity contribution in [2.45, 2.75) is 64.5 Å². The molecule has 3 amide bonds. The molecule has 2 aliphatic rings. The Morgan fingerprint density at radius 3 is 1.96 bits per heavy atom. The lowest BCUT2D eigenvalue weighted by molar-refractivity contribution is -0.142. The van der Waals surface area contributed by atoms with Crippen molar-refractivity contribution in [3.63, 3.8) is 0 Å². The lowest BCUT2D eigenvalue weighted by atomic mass is 9.81. The Labute approximate surface area is 292 Å². The third-order valence-corrected chi connectivity index (χ3v) is 9.29. The van der Waals surface area contributed by atoms with E-state index in [4.69, 9.17) is 24.1 Å². The number of hydrogen-bond donors (Lipinski definition) is 2. The zero-order valence-electron chi connectivity index (χ0n) is 29.6. The number of benzene rings is 1. The van der Waals surface area contributed by atoms with E-state index in [0.29, 0.717) is 19.8 Å². The summed E-state index contributed by atoms with van der Waals surface area (Å²) in [6.07, 6.45) is 3.37. The van der Waals surface area contributed by atoms with Crippen molar-refractivity contribution in [2.75, 3.05) is 79.0 Å². The maximum Gasteiger partial charge on any atom is 0.408 e. The van der Waals surface area contributed by atoms with Crippen LogP contribution in [0.4, 0.5) is 13.6 Å². The van der Waals surface area contributed by atoms with Gasteiger partial charge in [0, 0.05) is 50.2 Å². The number of aromatic nitrogens is 1. The largest absolute Gasteiger partial charge is 0.488 e. The number of carbonyl (C=O) groups is 3. The van der Waals surface area contributed by atoms with Crippen LogP contribution in [0, 0.1) is 17.6 Å². The SMILES string of the molecule is Cn1c(C(=O)N2CCN(C(=O)[C@H](C3CCCCC3)N(C(=O)O)C(C)(C)C)CC2)c(OCCOCCOCCOCCO)c2cc(F)c(F)cc21. The Bertz CT molecular complexity index is 1450. The number of halogens is 2. The predicted molar refractivity (Wildman–Crippen MR) is 180 cm³/mol. The molecule has 0 radical (unpaired) electrons. The van der Waals surface area contributed by atoms with Gasteiger partial charge in [-0.15, -0.1) is 0 Å². The molecule has 50 heavy (non-hydrogen) atoms. The summed E-state index contributed by atoms with van der Waals surface area (Å²) in [6, 6.07) is 1.21. The lowest BCUT2D eigenvalue weighted by Gasteiger charge is -2.46. The van der Waals surface area contributed by atoms with Gasteiger partial charge in [0.1, 0.15) is 12.6 Å². The molecule has 2 heterocycles. The number of ether oxygens (including phenoxy) is 4. The standard InChI is InChI=1S/C35H52F2N4O9/c1-35(2,3)41(34(45)46)29(24-8-6-5-7-9-24)32(43)39-10-12-40(13-11-39)33(44)30-31(25-22-26(36)27(37)23-28(25)38(30)4)50-21-20-49-19-18-48-17-16-47-15-14-42/h22-24,29,42H,5-21H2,1-4H3,(H,45,46)/t29-/m0/s1. The number of amides is 3. The maximum atomic E-state index is 14.4. The molecule has 0 bridgehead atoms. The van der Waals surface area contributed by atoms with Crippen LogP contribution >= 0.6 is 0 Å². The first-order valence-corrected chi connectivity index (χ1v) is 17.4. The first-order chi connectivity index (χ1) is 23.9. The Balaban J connectivity index is 1.44. The second kappa shape index (κ2) is 18.1. The molecule has 0 spiro atoms. The van der Waals surface area contributed by atoms with E-state index >= 15 is 0 Å². The van der Waals surface area contributed by atoms with E-state index in [9.17, 15) is 28.3 Å². The van der Waals surface area contributed by atoms with Gasteiger partial charge in [-0.1, -0.05) is 19.3 Å². The molecule has 1 saturated heterocycles. The highest BCUT2D eigenvalue weighted by Crippen LogP contribution is 2.36. The number of hydrogen-bond acceptors (Lipinski definition) is 8. The molecular weight excluding hydrogens is 658 g/mol. The van der Waals surface area contributed by atoms with Crippen LogP contribution in [0.5, 0.6) is 5.75 Å². The summed E-state index contributed by atoms with van der Waals surface area (Å²) in [4.78, 5) is 45.2. The van der Waals surface area contributed by atoms with E-state index in [1.807, 2.05) is 0 Å². The number of aryl methyl sites for hydroxylation is 1. The molecule has 2 aromatic rings. The number of nitrogens with zero attached hydrogens (tertiary/aromatic N) is 4. The van der Waals surface area contributed by atoms with Crippen molar-refractivity contribution < 1.29 is 52.3 Å². The minimum absolute atomic E-state index is 0.0245. The van der Waals surface area contributed by atoms with Gasteiger partial charge in [0.2, 0.25) is 5.91 Å². The molecule has 280 valence electrons. The highest BCUT2D eigenvalue weighted by atomic mass is 19.2.